The van der Waals surface area contributed by atoms with Crippen molar-refractivity contribution in [3.05, 3.63) is 176 Å². The monoisotopic (exact) mass is 627 g/mol. The molecule has 3 heteroatoms. The van der Waals surface area contributed by atoms with Gasteiger partial charge in [-0.1, -0.05) is 133 Å². The summed E-state index contributed by atoms with van der Waals surface area (Å²) in [6, 6.07) is 62.0. The highest BCUT2D eigenvalue weighted by molar-refractivity contribution is 6.12. The van der Waals surface area contributed by atoms with Crippen LogP contribution in [0.4, 0.5) is 17.1 Å². The molecule has 230 valence electrons. The van der Waals surface area contributed by atoms with Crippen LogP contribution in [0.2, 0.25) is 0 Å². The molecule has 0 fully saturated rings. The number of para-hydroxylation sites is 4. The Morgan fingerprint density at radius 3 is 1.73 bits per heavy atom. The maximum atomic E-state index is 6.63. The lowest BCUT2D eigenvalue weighted by molar-refractivity contribution is 0.669. The van der Waals surface area contributed by atoms with Crippen LogP contribution in [-0.2, 0) is 0 Å². The molecule has 10 aromatic rings. The molecule has 49 heavy (non-hydrogen) atoms. The molecule has 0 spiro atoms. The Morgan fingerprint density at radius 1 is 0.347 bits per heavy atom. The lowest BCUT2D eigenvalue weighted by Gasteiger charge is -2.27. The van der Waals surface area contributed by atoms with Crippen LogP contribution in [0.1, 0.15) is 0 Å². The summed E-state index contributed by atoms with van der Waals surface area (Å²) < 4.78 is 13.2. The molecular formula is C46H29NO2. The summed E-state index contributed by atoms with van der Waals surface area (Å²) in [7, 11) is 0. The van der Waals surface area contributed by atoms with E-state index < -0.39 is 0 Å². The fraction of sp³-hybridized carbons (Fsp3) is 0. The zero-order chi connectivity index (χ0) is 32.3. The second-order valence-corrected chi connectivity index (χ2v) is 12.5. The first-order valence-corrected chi connectivity index (χ1v) is 16.6. The number of furan rings is 2. The second-order valence-electron chi connectivity index (χ2n) is 12.5. The number of benzene rings is 8. The van der Waals surface area contributed by atoms with Gasteiger partial charge in [0, 0.05) is 38.5 Å². The van der Waals surface area contributed by atoms with Crippen molar-refractivity contribution in [3.8, 4) is 22.3 Å². The summed E-state index contributed by atoms with van der Waals surface area (Å²) in [5.74, 6) is 0. The van der Waals surface area contributed by atoms with E-state index in [4.69, 9.17) is 8.83 Å². The van der Waals surface area contributed by atoms with Gasteiger partial charge in [-0.15, -0.1) is 0 Å². The van der Waals surface area contributed by atoms with Crippen molar-refractivity contribution < 1.29 is 8.83 Å². The van der Waals surface area contributed by atoms with E-state index in [2.05, 4.69) is 157 Å². The lowest BCUT2D eigenvalue weighted by Crippen LogP contribution is -2.10. The molecule has 0 saturated heterocycles. The van der Waals surface area contributed by atoms with Crippen LogP contribution in [0.5, 0.6) is 0 Å². The van der Waals surface area contributed by atoms with E-state index in [0.717, 1.165) is 83.2 Å². The molecule has 0 bridgehead atoms. The highest BCUT2D eigenvalue weighted by Gasteiger charge is 2.22. The molecule has 3 nitrogen and oxygen atoms in total. The van der Waals surface area contributed by atoms with Gasteiger partial charge >= 0.3 is 0 Å². The number of fused-ring (bicyclic) bond motifs is 7. The van der Waals surface area contributed by atoms with Crippen molar-refractivity contribution in [1.29, 1.82) is 0 Å². The molecule has 0 saturated carbocycles. The van der Waals surface area contributed by atoms with E-state index in [0.29, 0.717) is 0 Å². The Bertz CT molecular complexity index is 2840. The third kappa shape index (κ3) is 4.44. The fourth-order valence-corrected chi connectivity index (χ4v) is 7.37. The molecule has 0 amide bonds. The van der Waals surface area contributed by atoms with Crippen molar-refractivity contribution >= 4 is 71.7 Å². The predicted molar refractivity (Wildman–Crippen MR) is 204 cm³/mol. The van der Waals surface area contributed by atoms with Crippen LogP contribution in [0.25, 0.3) is 76.9 Å². The largest absolute Gasteiger partial charge is 0.455 e. The van der Waals surface area contributed by atoms with Gasteiger partial charge in [-0.25, -0.2) is 0 Å². The molecular weight excluding hydrogens is 599 g/mol. The standard InChI is InChI=1S/C46H29NO2/c1-2-13-31(14-3-1)41-29-34(26-27-35(41)38-18-10-19-39-36-16-6-8-22-43(36)48-45(38)39)47(33-25-24-30-12-4-5-15-32(30)28-33)42-21-11-20-40-37-17-7-9-23-44(37)49-46(40)42/h1-29H. The molecule has 0 unspecified atom stereocenters. The van der Waals surface area contributed by atoms with Crippen molar-refractivity contribution in [2.45, 2.75) is 0 Å². The predicted octanol–water partition coefficient (Wildman–Crippen LogP) is 13.4. The summed E-state index contributed by atoms with van der Waals surface area (Å²) in [5.41, 5.74) is 11.0. The Hall–Kier alpha value is -6.58. The van der Waals surface area contributed by atoms with Crippen LogP contribution in [0, 0.1) is 0 Å². The Morgan fingerprint density at radius 2 is 0.939 bits per heavy atom. The summed E-state index contributed by atoms with van der Waals surface area (Å²) >= 11 is 0. The summed E-state index contributed by atoms with van der Waals surface area (Å²) in [4.78, 5) is 2.33. The number of hydrogen-bond acceptors (Lipinski definition) is 3. The van der Waals surface area contributed by atoms with Gasteiger partial charge in [0.05, 0.1) is 5.69 Å². The van der Waals surface area contributed by atoms with Crippen molar-refractivity contribution in [2.75, 3.05) is 4.90 Å². The van der Waals surface area contributed by atoms with E-state index in [1.54, 1.807) is 0 Å². The van der Waals surface area contributed by atoms with Crippen molar-refractivity contribution in [2.24, 2.45) is 0 Å². The first kappa shape index (κ1) is 27.5. The minimum absolute atomic E-state index is 0.856. The topological polar surface area (TPSA) is 29.5 Å². The number of hydrogen-bond donors (Lipinski definition) is 0. The average Bonchev–Trinajstić information content (AvgIpc) is 3.75. The van der Waals surface area contributed by atoms with E-state index >= 15 is 0 Å². The van der Waals surface area contributed by atoms with Crippen molar-refractivity contribution in [1.82, 2.24) is 0 Å². The molecule has 0 aliphatic rings. The minimum Gasteiger partial charge on any atom is -0.455 e. The van der Waals surface area contributed by atoms with Crippen molar-refractivity contribution in [3.63, 3.8) is 0 Å². The number of rotatable bonds is 5. The first-order valence-electron chi connectivity index (χ1n) is 16.6. The molecule has 0 radical (unpaired) electrons. The van der Waals surface area contributed by atoms with Crippen LogP contribution in [0.3, 0.4) is 0 Å². The SMILES string of the molecule is c1ccc(-c2cc(N(c3ccc4ccccc4c3)c3cccc4c3oc3ccccc34)ccc2-c2cccc3c2oc2ccccc23)cc1. The number of nitrogens with zero attached hydrogens (tertiary/aromatic N) is 1. The van der Waals surface area contributed by atoms with E-state index in [-0.39, 0.29) is 0 Å². The summed E-state index contributed by atoms with van der Waals surface area (Å²) in [6.07, 6.45) is 0. The molecule has 10 rings (SSSR count). The molecule has 0 aliphatic heterocycles. The Kier molecular flexibility index (Phi) is 6.18. The van der Waals surface area contributed by atoms with Gasteiger partial charge in [0.2, 0.25) is 0 Å². The smallest absolute Gasteiger partial charge is 0.159 e. The molecule has 0 aliphatic carbocycles. The average molecular weight is 628 g/mol. The van der Waals surface area contributed by atoms with E-state index in [9.17, 15) is 0 Å². The fourth-order valence-electron chi connectivity index (χ4n) is 7.37. The van der Waals surface area contributed by atoms with Gasteiger partial charge in [-0.2, -0.15) is 0 Å². The second kappa shape index (κ2) is 11.0. The normalized spacial score (nSPS) is 11.7. The zero-order valence-electron chi connectivity index (χ0n) is 26.5. The maximum absolute atomic E-state index is 6.63. The molecule has 0 atom stereocenters. The van der Waals surface area contributed by atoms with Crippen LogP contribution in [-0.4, -0.2) is 0 Å². The molecule has 2 heterocycles. The highest BCUT2D eigenvalue weighted by Crippen LogP contribution is 2.46. The quantitative estimate of drug-likeness (QED) is 0.190. The van der Waals surface area contributed by atoms with Gasteiger partial charge < -0.3 is 13.7 Å². The molecule has 8 aromatic carbocycles. The minimum atomic E-state index is 0.856. The van der Waals surface area contributed by atoms with Gasteiger partial charge in [0.1, 0.15) is 16.7 Å². The van der Waals surface area contributed by atoms with Gasteiger partial charge in [0.25, 0.3) is 0 Å². The first-order chi connectivity index (χ1) is 24.3. The van der Waals surface area contributed by atoms with Gasteiger partial charge in [0.15, 0.2) is 5.58 Å². The van der Waals surface area contributed by atoms with E-state index in [1.807, 2.05) is 24.3 Å². The Labute approximate surface area is 282 Å². The molecule has 0 N–H and O–H groups in total. The summed E-state index contributed by atoms with van der Waals surface area (Å²) in [5, 5.41) is 6.82. The number of anilines is 3. The Balaban J connectivity index is 1.25. The van der Waals surface area contributed by atoms with Gasteiger partial charge in [-0.05, 0) is 69.9 Å². The third-order valence-corrected chi connectivity index (χ3v) is 9.66. The lowest BCUT2D eigenvalue weighted by atomic mass is 9.92. The molecule has 2 aromatic heterocycles. The summed E-state index contributed by atoms with van der Waals surface area (Å²) in [6.45, 7) is 0. The third-order valence-electron chi connectivity index (χ3n) is 9.66. The van der Waals surface area contributed by atoms with E-state index in [1.165, 1.54) is 10.8 Å². The van der Waals surface area contributed by atoms with Crippen LogP contribution < -0.4 is 4.90 Å². The maximum Gasteiger partial charge on any atom is 0.159 e. The van der Waals surface area contributed by atoms with Crippen LogP contribution in [0.15, 0.2) is 185 Å². The zero-order valence-corrected chi connectivity index (χ0v) is 26.5. The highest BCUT2D eigenvalue weighted by atomic mass is 16.3. The van der Waals surface area contributed by atoms with Gasteiger partial charge in [-0.3, -0.25) is 0 Å². The van der Waals surface area contributed by atoms with Crippen LogP contribution >= 0.6 is 0 Å².